The zero-order chi connectivity index (χ0) is 36.9. The summed E-state index contributed by atoms with van der Waals surface area (Å²) in [6.45, 7) is 9.27. The highest BCUT2D eigenvalue weighted by Gasteiger charge is 2.52. The molecular formula is C34H47N6O10P. The van der Waals surface area contributed by atoms with Crippen LogP contribution in [0.4, 0.5) is 5.82 Å². The number of carbonyl (C=O) groups is 3. The van der Waals surface area contributed by atoms with Gasteiger partial charge in [-0.05, 0) is 51.1 Å². The highest BCUT2D eigenvalue weighted by atomic mass is 31.2. The van der Waals surface area contributed by atoms with Crippen molar-refractivity contribution in [1.82, 2.24) is 24.6 Å². The normalized spacial score (nSPS) is 23.2. The smallest absolute Gasteiger partial charge is 0.459 e. The number of aromatic nitrogens is 3. The van der Waals surface area contributed by atoms with Gasteiger partial charge in [0.2, 0.25) is 0 Å². The van der Waals surface area contributed by atoms with E-state index >= 15 is 0 Å². The molecule has 0 saturated carbocycles. The lowest BCUT2D eigenvalue weighted by molar-refractivity contribution is -0.171. The van der Waals surface area contributed by atoms with E-state index in [1.165, 1.54) is 17.8 Å². The number of nitrogens with two attached hydrogens (primary N) is 1. The molecule has 1 aromatic carbocycles. The van der Waals surface area contributed by atoms with Gasteiger partial charge in [-0.25, -0.2) is 14.1 Å². The molecule has 3 N–H and O–H groups in total. The van der Waals surface area contributed by atoms with Gasteiger partial charge >= 0.3 is 25.7 Å². The van der Waals surface area contributed by atoms with Gasteiger partial charge in [0.1, 0.15) is 41.9 Å². The first kappa shape index (κ1) is 38.2. The highest BCUT2D eigenvalue weighted by molar-refractivity contribution is 7.52. The SMILES string of the molecule is CC(C)C(=O)O[C@@H]1[C@H](OC(=O)C(C)C)[C@@H](CO[P@@](=O)(N[C@@H](C)C(=O)OC2CCN(C)CC2)Oc2ccccc2)O[C@H]1c1ccc2c(N)ncnn12. The van der Waals surface area contributed by atoms with Crippen LogP contribution in [0.5, 0.6) is 5.75 Å². The molecule has 0 unspecified atom stereocenters. The van der Waals surface area contributed by atoms with Crippen LogP contribution in [-0.2, 0) is 42.4 Å². The van der Waals surface area contributed by atoms with Crippen molar-refractivity contribution in [2.45, 2.75) is 84.0 Å². The van der Waals surface area contributed by atoms with Crippen LogP contribution in [0.3, 0.4) is 0 Å². The summed E-state index contributed by atoms with van der Waals surface area (Å²) >= 11 is 0. The average Bonchev–Trinajstić information content (AvgIpc) is 3.67. The molecule has 2 fully saturated rings. The zero-order valence-corrected chi connectivity index (χ0v) is 30.6. The van der Waals surface area contributed by atoms with Gasteiger partial charge in [0.15, 0.2) is 18.0 Å². The highest BCUT2D eigenvalue weighted by Crippen LogP contribution is 2.47. The van der Waals surface area contributed by atoms with Crippen molar-refractivity contribution in [2.24, 2.45) is 11.8 Å². The Labute approximate surface area is 296 Å². The lowest BCUT2D eigenvalue weighted by atomic mass is 10.0. The number of para-hydroxylation sites is 1. The third-order valence-corrected chi connectivity index (χ3v) is 10.2. The lowest BCUT2D eigenvalue weighted by Gasteiger charge is -2.30. The van der Waals surface area contributed by atoms with E-state index in [0.29, 0.717) is 24.1 Å². The Kier molecular flexibility index (Phi) is 12.4. The number of nitrogens with one attached hydrogen (secondary N) is 1. The van der Waals surface area contributed by atoms with Crippen LogP contribution < -0.4 is 15.3 Å². The zero-order valence-electron chi connectivity index (χ0n) is 29.7. The van der Waals surface area contributed by atoms with E-state index in [4.69, 9.17) is 33.7 Å². The number of hydrogen-bond acceptors (Lipinski definition) is 14. The molecule has 2 aliphatic rings. The molecule has 0 spiro atoms. The van der Waals surface area contributed by atoms with Crippen molar-refractivity contribution in [2.75, 3.05) is 32.5 Å². The monoisotopic (exact) mass is 730 g/mol. The van der Waals surface area contributed by atoms with Crippen molar-refractivity contribution in [3.63, 3.8) is 0 Å². The maximum absolute atomic E-state index is 14.4. The van der Waals surface area contributed by atoms with E-state index < -0.39 is 74.6 Å². The molecule has 2 saturated heterocycles. The van der Waals surface area contributed by atoms with Gasteiger partial charge in [0.25, 0.3) is 0 Å². The van der Waals surface area contributed by atoms with E-state index in [2.05, 4.69) is 20.1 Å². The van der Waals surface area contributed by atoms with Crippen LogP contribution >= 0.6 is 7.75 Å². The fourth-order valence-electron chi connectivity index (χ4n) is 5.64. The molecule has 0 aliphatic carbocycles. The standard InChI is InChI=1S/C34H47N6O10P/c1-20(2)32(41)48-29-27(47-28(30(29)49-33(42)21(3)4)25-12-13-26-31(35)36-19-37-40(25)26)18-45-51(44,50-24-10-8-7-9-11-24)38-22(5)34(43)46-23-14-16-39(6)17-15-23/h7-13,19-23,27-30H,14-18H2,1-6H3,(H,38,44)(H2,35,36,37)/t22-,27+,28-,29+,30-,51-/m0/s1. The van der Waals surface area contributed by atoms with Gasteiger partial charge in [-0.1, -0.05) is 45.9 Å². The minimum absolute atomic E-state index is 0.206. The van der Waals surface area contributed by atoms with E-state index in [-0.39, 0.29) is 17.7 Å². The van der Waals surface area contributed by atoms with Crippen molar-refractivity contribution in [1.29, 1.82) is 0 Å². The molecule has 0 radical (unpaired) electrons. The molecular weight excluding hydrogens is 683 g/mol. The van der Waals surface area contributed by atoms with Crippen molar-refractivity contribution in [3.8, 4) is 5.75 Å². The van der Waals surface area contributed by atoms with E-state index in [1.807, 2.05) is 7.05 Å². The quantitative estimate of drug-likeness (QED) is 0.138. The third-order valence-electron chi connectivity index (χ3n) is 8.59. The molecule has 5 rings (SSSR count). The summed E-state index contributed by atoms with van der Waals surface area (Å²) in [4.78, 5) is 45.4. The number of likely N-dealkylation sites (tertiary alicyclic amines) is 1. The first-order chi connectivity index (χ1) is 24.2. The van der Waals surface area contributed by atoms with E-state index in [1.54, 1.807) is 70.2 Å². The number of hydrogen-bond donors (Lipinski definition) is 2. The molecule has 2 aliphatic heterocycles. The number of esters is 3. The number of nitrogen functional groups attached to an aromatic ring is 1. The number of nitrogens with zero attached hydrogens (tertiary/aromatic N) is 4. The van der Waals surface area contributed by atoms with Gasteiger partial charge in [0, 0.05) is 13.1 Å². The largest absolute Gasteiger partial charge is 0.461 e. The molecule has 0 amide bonds. The number of fused-ring (bicyclic) bond motifs is 1. The summed E-state index contributed by atoms with van der Waals surface area (Å²) in [6.07, 6.45) is -2.20. The first-order valence-corrected chi connectivity index (χ1v) is 18.6. The Morgan fingerprint density at radius 2 is 1.59 bits per heavy atom. The molecule has 51 heavy (non-hydrogen) atoms. The predicted molar refractivity (Wildman–Crippen MR) is 184 cm³/mol. The molecule has 17 heteroatoms. The molecule has 3 aromatic rings. The minimum atomic E-state index is -4.36. The molecule has 0 bridgehead atoms. The number of piperidine rings is 1. The van der Waals surface area contributed by atoms with Gasteiger partial charge in [-0.2, -0.15) is 10.2 Å². The van der Waals surface area contributed by atoms with Crippen molar-refractivity contribution >= 4 is 37.0 Å². The molecule has 278 valence electrons. The van der Waals surface area contributed by atoms with Crippen LogP contribution in [0, 0.1) is 11.8 Å². The Morgan fingerprint density at radius 3 is 2.24 bits per heavy atom. The number of rotatable bonds is 14. The molecule has 4 heterocycles. The second-order valence-corrected chi connectivity index (χ2v) is 15.1. The number of benzene rings is 1. The second kappa shape index (κ2) is 16.5. The Balaban J connectivity index is 1.43. The van der Waals surface area contributed by atoms with Crippen molar-refractivity contribution < 1.29 is 46.9 Å². The molecule has 6 atom stereocenters. The lowest BCUT2D eigenvalue weighted by Crippen LogP contribution is -2.42. The van der Waals surface area contributed by atoms with Crippen LogP contribution in [-0.4, -0.2) is 94.6 Å². The summed E-state index contributed by atoms with van der Waals surface area (Å²) in [5, 5.41) is 7.01. The van der Waals surface area contributed by atoms with Gasteiger partial charge in [-0.3, -0.25) is 18.9 Å². The molecule has 16 nitrogen and oxygen atoms in total. The number of carbonyl (C=O) groups excluding carboxylic acids is 3. The van der Waals surface area contributed by atoms with E-state index in [0.717, 1.165) is 13.1 Å². The molecule has 2 aromatic heterocycles. The predicted octanol–water partition coefficient (Wildman–Crippen LogP) is 3.71. The van der Waals surface area contributed by atoms with Gasteiger partial charge in [0.05, 0.1) is 24.1 Å². The maximum Gasteiger partial charge on any atom is 0.459 e. The summed E-state index contributed by atoms with van der Waals surface area (Å²) in [5.41, 5.74) is 6.99. The van der Waals surface area contributed by atoms with Gasteiger partial charge < -0.3 is 34.1 Å². The summed E-state index contributed by atoms with van der Waals surface area (Å²) in [6, 6.07) is 10.6. The fraction of sp³-hybridized carbons (Fsp3) is 0.559. The summed E-state index contributed by atoms with van der Waals surface area (Å²) < 4.78 is 51.8. The summed E-state index contributed by atoms with van der Waals surface area (Å²) in [5.74, 6) is -2.42. The third kappa shape index (κ3) is 9.43. The summed E-state index contributed by atoms with van der Waals surface area (Å²) in [7, 11) is -2.36. The Bertz CT molecular complexity index is 1710. The number of anilines is 1. The van der Waals surface area contributed by atoms with Crippen LogP contribution in [0.2, 0.25) is 0 Å². The van der Waals surface area contributed by atoms with Crippen LogP contribution in [0.15, 0.2) is 48.8 Å². The Morgan fingerprint density at radius 1 is 0.941 bits per heavy atom. The van der Waals surface area contributed by atoms with Crippen LogP contribution in [0.25, 0.3) is 5.52 Å². The minimum Gasteiger partial charge on any atom is -0.461 e. The maximum atomic E-state index is 14.4. The second-order valence-electron chi connectivity index (χ2n) is 13.4. The van der Waals surface area contributed by atoms with E-state index in [9.17, 15) is 18.9 Å². The number of ether oxygens (including phenoxy) is 4. The van der Waals surface area contributed by atoms with Crippen molar-refractivity contribution in [3.05, 3.63) is 54.5 Å². The Hall–Kier alpha value is -4.08. The fourth-order valence-corrected chi connectivity index (χ4v) is 7.14. The van der Waals surface area contributed by atoms with Gasteiger partial charge in [-0.15, -0.1) is 0 Å². The first-order valence-electron chi connectivity index (χ1n) is 17.0. The average molecular weight is 731 g/mol. The topological polar surface area (TPSA) is 195 Å². The van der Waals surface area contributed by atoms with Crippen LogP contribution in [0.1, 0.15) is 59.3 Å².